The minimum absolute atomic E-state index is 0.172. The molecule has 0 aliphatic carbocycles. The first-order valence-electron chi connectivity index (χ1n) is 3.49. The van der Waals surface area contributed by atoms with Gasteiger partial charge in [0, 0.05) is 13.3 Å². The maximum Gasteiger partial charge on any atom is 0.142 e. The largest absolute Gasteiger partial charge is 0.383 e. The Morgan fingerprint density at radius 2 is 2.23 bits per heavy atom. The number of aromatic nitrogens is 1. The van der Waals surface area contributed by atoms with Crippen LogP contribution in [0.3, 0.4) is 0 Å². The van der Waals surface area contributed by atoms with E-state index in [4.69, 9.17) is 17.3 Å². The number of nitrogen functional groups attached to an aromatic ring is 1. The molecule has 1 aromatic rings. The number of halogens is 1. The molecule has 1 unspecified atom stereocenters. The standard InChI is InChI=1S/C7H10ClN3OS/c1-10-13(2,12)5-3-4-6(8)11-7(5)9/h3-4H,1-2H3,(H2,9,11). The molecule has 0 fully saturated rings. The third-order valence-corrected chi connectivity index (χ3v) is 3.68. The van der Waals surface area contributed by atoms with Crippen LogP contribution >= 0.6 is 11.6 Å². The number of hydrogen-bond donors (Lipinski definition) is 1. The summed E-state index contributed by atoms with van der Waals surface area (Å²) in [7, 11) is -0.934. The highest BCUT2D eigenvalue weighted by Gasteiger charge is 2.10. The summed E-state index contributed by atoms with van der Waals surface area (Å²) in [6, 6.07) is 3.13. The van der Waals surface area contributed by atoms with Crippen LogP contribution in [0, 0.1) is 0 Å². The van der Waals surface area contributed by atoms with Crippen LogP contribution in [0.1, 0.15) is 0 Å². The molecule has 1 rings (SSSR count). The number of rotatable bonds is 1. The van der Waals surface area contributed by atoms with Crippen LogP contribution in [-0.2, 0) is 9.73 Å². The summed E-state index contributed by atoms with van der Waals surface area (Å²) in [5.74, 6) is 0.172. The molecule has 13 heavy (non-hydrogen) atoms. The van der Waals surface area contributed by atoms with Gasteiger partial charge in [-0.25, -0.2) is 13.6 Å². The molecule has 4 nitrogen and oxygen atoms in total. The van der Waals surface area contributed by atoms with Gasteiger partial charge in [-0.05, 0) is 12.1 Å². The minimum atomic E-state index is -2.42. The second kappa shape index (κ2) is 3.51. The lowest BCUT2D eigenvalue weighted by atomic mass is 10.5. The topological polar surface area (TPSA) is 68.3 Å². The second-order valence-corrected chi connectivity index (χ2v) is 5.30. The molecule has 0 radical (unpaired) electrons. The number of nitrogens with two attached hydrogens (primary N) is 1. The molecule has 0 aliphatic heterocycles. The normalized spacial score (nSPS) is 15.0. The Bertz CT molecular complexity index is 437. The van der Waals surface area contributed by atoms with E-state index in [0.717, 1.165) is 0 Å². The van der Waals surface area contributed by atoms with Gasteiger partial charge in [-0.15, -0.1) is 0 Å². The third-order valence-electron chi connectivity index (χ3n) is 1.61. The van der Waals surface area contributed by atoms with Gasteiger partial charge in [0.15, 0.2) is 0 Å². The summed E-state index contributed by atoms with van der Waals surface area (Å²) in [6.45, 7) is 0. The highest BCUT2D eigenvalue weighted by atomic mass is 35.5. The van der Waals surface area contributed by atoms with Crippen molar-refractivity contribution in [2.75, 3.05) is 19.0 Å². The monoisotopic (exact) mass is 219 g/mol. The molecule has 1 atom stereocenters. The van der Waals surface area contributed by atoms with Crippen molar-refractivity contribution in [3.8, 4) is 0 Å². The maximum atomic E-state index is 11.8. The Morgan fingerprint density at radius 3 is 2.69 bits per heavy atom. The quantitative estimate of drug-likeness (QED) is 0.726. The molecular weight excluding hydrogens is 210 g/mol. The first-order chi connectivity index (χ1) is 5.97. The van der Waals surface area contributed by atoms with E-state index < -0.39 is 9.73 Å². The van der Waals surface area contributed by atoms with Crippen molar-refractivity contribution in [1.29, 1.82) is 0 Å². The van der Waals surface area contributed by atoms with Gasteiger partial charge in [-0.3, -0.25) is 0 Å². The van der Waals surface area contributed by atoms with E-state index in [-0.39, 0.29) is 11.0 Å². The number of anilines is 1. The molecule has 0 aromatic carbocycles. The van der Waals surface area contributed by atoms with Crippen LogP contribution in [0.4, 0.5) is 5.82 Å². The van der Waals surface area contributed by atoms with Crippen LogP contribution in [-0.4, -0.2) is 22.5 Å². The molecule has 0 saturated carbocycles. The van der Waals surface area contributed by atoms with E-state index in [1.165, 1.54) is 13.3 Å². The molecule has 6 heteroatoms. The summed E-state index contributed by atoms with van der Waals surface area (Å²) in [4.78, 5) is 4.22. The summed E-state index contributed by atoms with van der Waals surface area (Å²) in [6.07, 6.45) is 1.51. The number of hydrogen-bond acceptors (Lipinski definition) is 4. The van der Waals surface area contributed by atoms with E-state index in [9.17, 15) is 4.21 Å². The highest BCUT2D eigenvalue weighted by molar-refractivity contribution is 7.93. The van der Waals surface area contributed by atoms with Crippen molar-refractivity contribution in [2.24, 2.45) is 4.36 Å². The Hall–Kier alpha value is -0.810. The van der Waals surface area contributed by atoms with Crippen molar-refractivity contribution >= 4 is 27.1 Å². The van der Waals surface area contributed by atoms with Gasteiger partial charge in [0.2, 0.25) is 0 Å². The Kier molecular flexibility index (Phi) is 2.77. The fraction of sp³-hybridized carbons (Fsp3) is 0.286. The summed E-state index contributed by atoms with van der Waals surface area (Å²) in [5, 5.41) is 0.285. The van der Waals surface area contributed by atoms with Gasteiger partial charge in [0.1, 0.15) is 11.0 Å². The van der Waals surface area contributed by atoms with Crippen LogP contribution in [0.5, 0.6) is 0 Å². The van der Waals surface area contributed by atoms with Gasteiger partial charge in [-0.1, -0.05) is 11.6 Å². The van der Waals surface area contributed by atoms with E-state index in [2.05, 4.69) is 9.35 Å². The molecule has 72 valence electrons. The molecule has 0 bridgehead atoms. The van der Waals surface area contributed by atoms with Crippen molar-refractivity contribution in [3.63, 3.8) is 0 Å². The van der Waals surface area contributed by atoms with Crippen LogP contribution in [0.2, 0.25) is 5.15 Å². The Morgan fingerprint density at radius 1 is 1.62 bits per heavy atom. The van der Waals surface area contributed by atoms with Gasteiger partial charge < -0.3 is 5.73 Å². The third kappa shape index (κ3) is 2.10. The average molecular weight is 220 g/mol. The zero-order valence-electron chi connectivity index (χ0n) is 7.32. The molecule has 1 aromatic heterocycles. The fourth-order valence-electron chi connectivity index (χ4n) is 0.856. The highest BCUT2D eigenvalue weighted by Crippen LogP contribution is 2.19. The number of pyridine rings is 1. The fourth-order valence-corrected chi connectivity index (χ4v) is 1.96. The molecule has 0 spiro atoms. The van der Waals surface area contributed by atoms with E-state index >= 15 is 0 Å². The van der Waals surface area contributed by atoms with Crippen molar-refractivity contribution in [1.82, 2.24) is 4.98 Å². The van der Waals surface area contributed by atoms with Gasteiger partial charge in [0.05, 0.1) is 14.6 Å². The van der Waals surface area contributed by atoms with Crippen molar-refractivity contribution in [2.45, 2.75) is 4.90 Å². The zero-order chi connectivity index (χ0) is 10.1. The van der Waals surface area contributed by atoms with E-state index in [1.54, 1.807) is 12.1 Å². The van der Waals surface area contributed by atoms with E-state index in [1.807, 2.05) is 0 Å². The van der Waals surface area contributed by atoms with E-state index in [0.29, 0.717) is 4.90 Å². The van der Waals surface area contributed by atoms with Crippen LogP contribution in [0.25, 0.3) is 0 Å². The first kappa shape index (κ1) is 10.3. The maximum absolute atomic E-state index is 11.8. The lowest BCUT2D eigenvalue weighted by Crippen LogP contribution is -2.04. The predicted molar refractivity (Wildman–Crippen MR) is 54.3 cm³/mol. The van der Waals surface area contributed by atoms with Crippen molar-refractivity contribution < 1.29 is 4.21 Å². The Labute approximate surface area is 82.3 Å². The summed E-state index contributed by atoms with van der Waals surface area (Å²) < 4.78 is 15.5. The molecule has 0 saturated heterocycles. The zero-order valence-corrected chi connectivity index (χ0v) is 8.89. The van der Waals surface area contributed by atoms with Crippen molar-refractivity contribution in [3.05, 3.63) is 17.3 Å². The molecule has 0 aliphatic rings. The van der Waals surface area contributed by atoms with Crippen LogP contribution < -0.4 is 5.73 Å². The van der Waals surface area contributed by atoms with Gasteiger partial charge in [-0.2, -0.15) is 0 Å². The average Bonchev–Trinajstić information content (AvgIpc) is 2.03. The Balaban J connectivity index is 3.42. The SMILES string of the molecule is CN=S(C)(=O)c1ccc(Cl)nc1N. The van der Waals surface area contributed by atoms with Crippen LogP contribution in [0.15, 0.2) is 21.4 Å². The first-order valence-corrected chi connectivity index (χ1v) is 5.80. The lowest BCUT2D eigenvalue weighted by Gasteiger charge is -2.05. The lowest BCUT2D eigenvalue weighted by molar-refractivity contribution is 0.680. The smallest absolute Gasteiger partial charge is 0.142 e. The summed E-state index contributed by atoms with van der Waals surface area (Å²) >= 11 is 5.60. The number of nitrogens with zero attached hydrogens (tertiary/aromatic N) is 2. The molecule has 2 N–H and O–H groups in total. The summed E-state index contributed by atoms with van der Waals surface area (Å²) in [5.41, 5.74) is 5.55. The van der Waals surface area contributed by atoms with Gasteiger partial charge >= 0.3 is 0 Å². The molecule has 1 heterocycles. The molecular formula is C7H10ClN3OS. The molecule has 0 amide bonds. The predicted octanol–water partition coefficient (Wildman–Crippen LogP) is 1.40. The second-order valence-electron chi connectivity index (χ2n) is 2.50. The van der Waals surface area contributed by atoms with Gasteiger partial charge in [0.25, 0.3) is 0 Å². The minimum Gasteiger partial charge on any atom is -0.383 e.